The Hall–Kier alpha value is -3.16. The molecule has 2 rings (SSSR count). The molecular weight excluding hydrogens is 276 g/mol. The Labute approximate surface area is 119 Å². The first kappa shape index (κ1) is 14.3. The van der Waals surface area contributed by atoms with Crippen LogP contribution in [0.1, 0.15) is 10.4 Å². The zero-order valence-electron chi connectivity index (χ0n) is 11.0. The highest BCUT2D eigenvalue weighted by molar-refractivity contribution is 5.95. The molecule has 0 saturated carbocycles. The van der Waals surface area contributed by atoms with Gasteiger partial charge in [-0.2, -0.15) is 0 Å². The van der Waals surface area contributed by atoms with E-state index in [0.717, 1.165) is 6.07 Å². The summed E-state index contributed by atoms with van der Waals surface area (Å²) in [5.74, 6) is -0.375. The smallest absolute Gasteiger partial charge is 0.340 e. The molecule has 0 bridgehead atoms. The second kappa shape index (κ2) is 6.33. The van der Waals surface area contributed by atoms with Gasteiger partial charge in [-0.15, -0.1) is 10.2 Å². The van der Waals surface area contributed by atoms with Crippen LogP contribution in [0.5, 0.6) is 0 Å². The van der Waals surface area contributed by atoms with Gasteiger partial charge in [-0.25, -0.2) is 9.78 Å². The third kappa shape index (κ3) is 3.44. The van der Waals surface area contributed by atoms with Crippen LogP contribution in [0, 0.1) is 10.1 Å². The minimum atomic E-state index is -0.728. The summed E-state index contributed by atoms with van der Waals surface area (Å²) in [5.41, 5.74) is -0.100. The molecule has 0 aliphatic heterocycles. The SMILES string of the molecule is COC(=O)c1cc([N+](=O)[O-])ccc1N=Nc1ccccn1. The van der Waals surface area contributed by atoms with Gasteiger partial charge in [-0.1, -0.05) is 6.07 Å². The highest BCUT2D eigenvalue weighted by Crippen LogP contribution is 2.26. The Kier molecular flexibility index (Phi) is 4.30. The summed E-state index contributed by atoms with van der Waals surface area (Å²) >= 11 is 0. The van der Waals surface area contributed by atoms with Gasteiger partial charge in [0.05, 0.1) is 17.6 Å². The topological polar surface area (TPSA) is 107 Å². The van der Waals surface area contributed by atoms with Gasteiger partial charge < -0.3 is 4.74 Å². The fourth-order valence-corrected chi connectivity index (χ4v) is 1.52. The number of aromatic nitrogens is 1. The highest BCUT2D eigenvalue weighted by Gasteiger charge is 2.17. The van der Waals surface area contributed by atoms with Crippen LogP contribution in [0.3, 0.4) is 0 Å². The number of hydrogen-bond donors (Lipinski definition) is 0. The molecule has 0 aliphatic carbocycles. The third-order valence-corrected chi connectivity index (χ3v) is 2.51. The average Bonchev–Trinajstić information content (AvgIpc) is 2.52. The lowest BCUT2D eigenvalue weighted by Crippen LogP contribution is -2.02. The van der Waals surface area contributed by atoms with Crippen LogP contribution in [0.4, 0.5) is 17.2 Å². The number of nitro groups is 1. The number of carbonyl (C=O) groups is 1. The van der Waals surface area contributed by atoms with Gasteiger partial charge in [0.2, 0.25) is 0 Å². The number of azo groups is 1. The van der Waals surface area contributed by atoms with Crippen LogP contribution in [-0.2, 0) is 4.74 Å². The number of non-ortho nitro benzene ring substituents is 1. The predicted octanol–water partition coefficient (Wildman–Crippen LogP) is 3.19. The Balaban J connectivity index is 2.41. The minimum Gasteiger partial charge on any atom is -0.465 e. The van der Waals surface area contributed by atoms with Gasteiger partial charge >= 0.3 is 5.97 Å². The molecule has 0 spiro atoms. The molecule has 1 heterocycles. The standard InChI is InChI=1S/C13H10N4O4/c1-21-13(18)10-8-9(17(19)20)5-6-11(10)15-16-12-4-2-3-7-14-12/h2-8H,1H3. The summed E-state index contributed by atoms with van der Waals surface area (Å²) in [4.78, 5) is 25.7. The van der Waals surface area contributed by atoms with E-state index in [9.17, 15) is 14.9 Å². The average molecular weight is 286 g/mol. The van der Waals surface area contributed by atoms with Crippen molar-refractivity contribution in [1.82, 2.24) is 4.98 Å². The molecule has 0 radical (unpaired) electrons. The van der Waals surface area contributed by atoms with E-state index in [1.807, 2.05) is 0 Å². The van der Waals surface area contributed by atoms with Crippen molar-refractivity contribution in [2.45, 2.75) is 0 Å². The zero-order chi connectivity index (χ0) is 15.2. The lowest BCUT2D eigenvalue weighted by molar-refractivity contribution is -0.384. The predicted molar refractivity (Wildman–Crippen MR) is 72.8 cm³/mol. The van der Waals surface area contributed by atoms with Crippen molar-refractivity contribution in [3.05, 3.63) is 58.3 Å². The number of rotatable bonds is 4. The number of carbonyl (C=O) groups excluding carboxylic acids is 1. The van der Waals surface area contributed by atoms with E-state index in [-0.39, 0.29) is 16.9 Å². The van der Waals surface area contributed by atoms with Gasteiger partial charge in [-0.05, 0) is 18.2 Å². The number of esters is 1. The third-order valence-electron chi connectivity index (χ3n) is 2.51. The first-order valence-electron chi connectivity index (χ1n) is 5.81. The van der Waals surface area contributed by atoms with Crippen molar-refractivity contribution < 1.29 is 14.5 Å². The first-order chi connectivity index (χ1) is 10.1. The van der Waals surface area contributed by atoms with Gasteiger partial charge in [0.1, 0.15) is 5.69 Å². The van der Waals surface area contributed by atoms with Crippen molar-refractivity contribution in [2.24, 2.45) is 10.2 Å². The summed E-state index contributed by atoms with van der Waals surface area (Å²) in [6.45, 7) is 0. The Morgan fingerprint density at radius 1 is 1.29 bits per heavy atom. The van der Waals surface area contributed by atoms with Gasteiger partial charge in [0.25, 0.3) is 5.69 Å². The van der Waals surface area contributed by atoms with E-state index in [0.29, 0.717) is 5.82 Å². The van der Waals surface area contributed by atoms with Gasteiger partial charge in [0, 0.05) is 18.3 Å². The molecule has 0 N–H and O–H groups in total. The number of methoxy groups -OCH3 is 1. The fraction of sp³-hybridized carbons (Fsp3) is 0.0769. The lowest BCUT2D eigenvalue weighted by Gasteiger charge is -2.02. The molecule has 106 valence electrons. The summed E-state index contributed by atoms with van der Waals surface area (Å²) in [7, 11) is 1.18. The van der Waals surface area contributed by atoms with Gasteiger partial charge in [-0.3, -0.25) is 10.1 Å². The molecule has 1 aromatic heterocycles. The molecule has 0 aliphatic rings. The van der Waals surface area contributed by atoms with Crippen molar-refractivity contribution in [3.63, 3.8) is 0 Å². The maximum atomic E-state index is 11.7. The molecule has 8 heteroatoms. The molecule has 1 aromatic carbocycles. The van der Waals surface area contributed by atoms with Crippen molar-refractivity contribution in [3.8, 4) is 0 Å². The number of nitrogens with zero attached hydrogens (tertiary/aromatic N) is 4. The summed E-state index contributed by atoms with van der Waals surface area (Å²) < 4.78 is 4.58. The number of benzene rings is 1. The zero-order valence-corrected chi connectivity index (χ0v) is 11.0. The summed E-state index contributed by atoms with van der Waals surface area (Å²) in [6.07, 6.45) is 1.55. The second-order valence-corrected chi connectivity index (χ2v) is 3.84. The molecule has 21 heavy (non-hydrogen) atoms. The van der Waals surface area contributed by atoms with E-state index >= 15 is 0 Å². The largest absolute Gasteiger partial charge is 0.465 e. The normalized spacial score (nSPS) is 10.5. The second-order valence-electron chi connectivity index (χ2n) is 3.84. The van der Waals surface area contributed by atoms with E-state index in [1.165, 1.54) is 19.2 Å². The van der Waals surface area contributed by atoms with Crippen LogP contribution in [0.25, 0.3) is 0 Å². The Bertz CT molecular complexity index is 701. The minimum absolute atomic E-state index is 0.0358. The quantitative estimate of drug-likeness (QED) is 0.371. The van der Waals surface area contributed by atoms with Crippen molar-refractivity contribution in [1.29, 1.82) is 0 Å². The molecule has 2 aromatic rings. The molecule has 0 unspecified atom stereocenters. The van der Waals surface area contributed by atoms with Gasteiger partial charge in [0.15, 0.2) is 5.82 Å². The van der Waals surface area contributed by atoms with Crippen LogP contribution in [0.2, 0.25) is 0 Å². The monoisotopic (exact) mass is 286 g/mol. The van der Waals surface area contributed by atoms with Crippen LogP contribution in [0.15, 0.2) is 52.8 Å². The molecule has 8 nitrogen and oxygen atoms in total. The van der Waals surface area contributed by atoms with Crippen molar-refractivity contribution >= 4 is 23.2 Å². The number of nitro benzene ring substituents is 1. The molecule has 0 amide bonds. The van der Waals surface area contributed by atoms with Crippen molar-refractivity contribution in [2.75, 3.05) is 7.11 Å². The number of ether oxygens (including phenoxy) is 1. The lowest BCUT2D eigenvalue weighted by atomic mass is 10.1. The van der Waals surface area contributed by atoms with E-state index in [2.05, 4.69) is 19.9 Å². The molecular formula is C13H10N4O4. The highest BCUT2D eigenvalue weighted by atomic mass is 16.6. The molecule has 0 atom stereocenters. The first-order valence-corrected chi connectivity index (χ1v) is 5.81. The summed E-state index contributed by atoms with van der Waals surface area (Å²) in [5, 5.41) is 18.5. The Morgan fingerprint density at radius 2 is 2.10 bits per heavy atom. The van der Waals surface area contributed by atoms with Crippen LogP contribution >= 0.6 is 0 Å². The maximum Gasteiger partial charge on any atom is 0.340 e. The molecule has 0 fully saturated rings. The maximum absolute atomic E-state index is 11.7. The number of pyridine rings is 1. The van der Waals surface area contributed by atoms with Crippen LogP contribution in [-0.4, -0.2) is 23.0 Å². The molecule has 0 saturated heterocycles. The number of hydrogen-bond acceptors (Lipinski definition) is 7. The van der Waals surface area contributed by atoms with Crippen LogP contribution < -0.4 is 0 Å². The summed E-state index contributed by atoms with van der Waals surface area (Å²) in [6, 6.07) is 8.75. The van der Waals surface area contributed by atoms with E-state index in [4.69, 9.17) is 0 Å². The van der Waals surface area contributed by atoms with E-state index < -0.39 is 10.9 Å². The fourth-order valence-electron chi connectivity index (χ4n) is 1.52. The van der Waals surface area contributed by atoms with E-state index in [1.54, 1.807) is 24.4 Å². The Morgan fingerprint density at radius 3 is 2.71 bits per heavy atom.